The molecule has 122 valence electrons. The minimum atomic E-state index is 0.0156. The predicted molar refractivity (Wildman–Crippen MR) is 93.7 cm³/mol. The zero-order valence-electron chi connectivity index (χ0n) is 13.3. The van der Waals surface area contributed by atoms with E-state index in [1.807, 2.05) is 54.6 Å². The third-order valence-corrected chi connectivity index (χ3v) is 3.49. The Morgan fingerprint density at radius 1 is 0.913 bits per heavy atom. The summed E-state index contributed by atoms with van der Waals surface area (Å²) in [5, 5.41) is 2.93. The quantitative estimate of drug-likeness (QED) is 0.677. The lowest BCUT2D eigenvalue weighted by molar-refractivity contribution is -0.116. The number of carbonyl (C=O) groups is 1. The fourth-order valence-electron chi connectivity index (χ4n) is 2.27. The number of amides is 1. The number of rotatable bonds is 9. The van der Waals surface area contributed by atoms with E-state index < -0.39 is 0 Å². The SMILES string of the molecule is NCCCCCCC(=O)Nc1ccccc1Oc1ccccc1. The van der Waals surface area contributed by atoms with Gasteiger partial charge >= 0.3 is 0 Å². The Labute approximate surface area is 137 Å². The highest BCUT2D eigenvalue weighted by molar-refractivity contribution is 5.92. The van der Waals surface area contributed by atoms with Crippen molar-refractivity contribution in [2.75, 3.05) is 11.9 Å². The molecule has 4 heteroatoms. The Bertz CT molecular complexity index is 599. The Balaban J connectivity index is 1.88. The topological polar surface area (TPSA) is 64.4 Å². The van der Waals surface area contributed by atoms with Crippen molar-refractivity contribution >= 4 is 11.6 Å². The first kappa shape index (κ1) is 17.0. The molecule has 1 amide bonds. The van der Waals surface area contributed by atoms with E-state index >= 15 is 0 Å². The lowest BCUT2D eigenvalue weighted by Gasteiger charge is -2.12. The molecule has 0 radical (unpaired) electrons. The second kappa shape index (κ2) is 9.64. The number of benzene rings is 2. The van der Waals surface area contributed by atoms with Crippen LogP contribution >= 0.6 is 0 Å². The second-order valence-corrected chi connectivity index (χ2v) is 5.41. The molecule has 0 unspecified atom stereocenters. The van der Waals surface area contributed by atoms with Crippen LogP contribution in [0.2, 0.25) is 0 Å². The number of hydrogen-bond acceptors (Lipinski definition) is 3. The molecule has 2 aromatic rings. The molecule has 0 aliphatic carbocycles. The average molecular weight is 312 g/mol. The monoisotopic (exact) mass is 312 g/mol. The molecule has 0 fully saturated rings. The zero-order valence-corrected chi connectivity index (χ0v) is 13.3. The van der Waals surface area contributed by atoms with E-state index in [2.05, 4.69) is 5.32 Å². The van der Waals surface area contributed by atoms with Gasteiger partial charge in [-0.3, -0.25) is 4.79 Å². The maximum Gasteiger partial charge on any atom is 0.224 e. The fourth-order valence-corrected chi connectivity index (χ4v) is 2.27. The van der Waals surface area contributed by atoms with Gasteiger partial charge in [-0.05, 0) is 43.7 Å². The molecule has 0 bridgehead atoms. The summed E-state index contributed by atoms with van der Waals surface area (Å²) >= 11 is 0. The van der Waals surface area contributed by atoms with Gasteiger partial charge in [0.05, 0.1) is 5.69 Å². The maximum absolute atomic E-state index is 12.1. The van der Waals surface area contributed by atoms with Gasteiger partial charge in [0.2, 0.25) is 5.91 Å². The van der Waals surface area contributed by atoms with Crippen molar-refractivity contribution in [1.29, 1.82) is 0 Å². The van der Waals surface area contributed by atoms with Crippen molar-refractivity contribution in [3.8, 4) is 11.5 Å². The van der Waals surface area contributed by atoms with Crippen LogP contribution in [0.1, 0.15) is 32.1 Å². The van der Waals surface area contributed by atoms with E-state index in [9.17, 15) is 4.79 Å². The zero-order chi connectivity index (χ0) is 16.3. The largest absolute Gasteiger partial charge is 0.455 e. The van der Waals surface area contributed by atoms with Crippen LogP contribution < -0.4 is 15.8 Å². The van der Waals surface area contributed by atoms with E-state index in [1.165, 1.54) is 0 Å². The minimum Gasteiger partial charge on any atom is -0.455 e. The third kappa shape index (κ3) is 6.12. The Morgan fingerprint density at radius 3 is 2.39 bits per heavy atom. The highest BCUT2D eigenvalue weighted by Crippen LogP contribution is 2.29. The highest BCUT2D eigenvalue weighted by atomic mass is 16.5. The van der Waals surface area contributed by atoms with Crippen LogP contribution in [-0.2, 0) is 4.79 Å². The van der Waals surface area contributed by atoms with Crippen LogP contribution in [0, 0.1) is 0 Å². The normalized spacial score (nSPS) is 10.3. The van der Waals surface area contributed by atoms with Gasteiger partial charge in [-0.1, -0.05) is 43.2 Å². The summed E-state index contributed by atoms with van der Waals surface area (Å²) in [7, 11) is 0. The molecular formula is C19H24N2O2. The molecule has 0 aromatic heterocycles. The molecule has 0 spiro atoms. The number of unbranched alkanes of at least 4 members (excludes halogenated alkanes) is 3. The van der Waals surface area contributed by atoms with E-state index in [1.54, 1.807) is 0 Å². The molecule has 3 N–H and O–H groups in total. The number of para-hydroxylation sites is 3. The summed E-state index contributed by atoms with van der Waals surface area (Å²) in [4.78, 5) is 12.1. The minimum absolute atomic E-state index is 0.0156. The van der Waals surface area contributed by atoms with Gasteiger partial charge in [-0.2, -0.15) is 0 Å². The molecule has 0 saturated carbocycles. The van der Waals surface area contributed by atoms with Crippen molar-refractivity contribution in [2.24, 2.45) is 5.73 Å². The first-order valence-corrected chi connectivity index (χ1v) is 8.11. The van der Waals surface area contributed by atoms with Crippen molar-refractivity contribution in [2.45, 2.75) is 32.1 Å². The number of carbonyl (C=O) groups excluding carboxylic acids is 1. The van der Waals surface area contributed by atoms with Gasteiger partial charge in [0.1, 0.15) is 5.75 Å². The molecule has 2 rings (SSSR count). The van der Waals surface area contributed by atoms with Crippen molar-refractivity contribution in [3.63, 3.8) is 0 Å². The van der Waals surface area contributed by atoms with Gasteiger partial charge in [-0.15, -0.1) is 0 Å². The Kier molecular flexibility index (Phi) is 7.14. The van der Waals surface area contributed by atoms with E-state index in [-0.39, 0.29) is 5.91 Å². The summed E-state index contributed by atoms with van der Waals surface area (Å²) in [6.07, 6.45) is 4.54. The molecule has 4 nitrogen and oxygen atoms in total. The lowest BCUT2D eigenvalue weighted by atomic mass is 10.1. The van der Waals surface area contributed by atoms with Gasteiger partial charge < -0.3 is 15.8 Å². The Morgan fingerprint density at radius 2 is 1.61 bits per heavy atom. The molecule has 0 saturated heterocycles. The standard InChI is InChI=1S/C19H24N2O2/c20-15-9-2-1-6-14-19(22)21-17-12-7-8-13-18(17)23-16-10-4-3-5-11-16/h3-5,7-8,10-13H,1-2,6,9,14-15,20H2,(H,21,22). The van der Waals surface area contributed by atoms with Gasteiger partial charge in [0.15, 0.2) is 5.75 Å². The molecular weight excluding hydrogens is 288 g/mol. The molecule has 2 aromatic carbocycles. The van der Waals surface area contributed by atoms with Crippen LogP contribution in [0.4, 0.5) is 5.69 Å². The molecule has 23 heavy (non-hydrogen) atoms. The molecule has 0 atom stereocenters. The average Bonchev–Trinajstić information content (AvgIpc) is 2.57. The van der Waals surface area contributed by atoms with Crippen LogP contribution in [0.15, 0.2) is 54.6 Å². The van der Waals surface area contributed by atoms with Crippen molar-refractivity contribution < 1.29 is 9.53 Å². The first-order valence-electron chi connectivity index (χ1n) is 8.11. The third-order valence-electron chi connectivity index (χ3n) is 3.49. The Hall–Kier alpha value is -2.33. The summed E-state index contributed by atoms with van der Waals surface area (Å²) in [5.74, 6) is 1.41. The van der Waals surface area contributed by atoms with Crippen molar-refractivity contribution in [1.82, 2.24) is 0 Å². The first-order chi connectivity index (χ1) is 11.3. The summed E-state index contributed by atoms with van der Waals surface area (Å²) < 4.78 is 5.84. The van der Waals surface area contributed by atoms with Crippen molar-refractivity contribution in [3.05, 3.63) is 54.6 Å². The number of nitrogens with two attached hydrogens (primary N) is 1. The van der Waals surface area contributed by atoms with Gasteiger partial charge in [0.25, 0.3) is 0 Å². The van der Waals surface area contributed by atoms with Crippen LogP contribution in [0.25, 0.3) is 0 Å². The lowest BCUT2D eigenvalue weighted by Crippen LogP contribution is -2.11. The number of hydrogen-bond donors (Lipinski definition) is 2. The van der Waals surface area contributed by atoms with Gasteiger partial charge in [0, 0.05) is 6.42 Å². The second-order valence-electron chi connectivity index (χ2n) is 5.41. The van der Waals surface area contributed by atoms with Gasteiger partial charge in [-0.25, -0.2) is 0 Å². The van der Waals surface area contributed by atoms with E-state index in [4.69, 9.17) is 10.5 Å². The summed E-state index contributed by atoms with van der Waals surface area (Å²) in [6, 6.07) is 17.0. The fraction of sp³-hybridized carbons (Fsp3) is 0.316. The van der Waals surface area contributed by atoms with Crippen LogP contribution in [0.5, 0.6) is 11.5 Å². The van der Waals surface area contributed by atoms with Crippen LogP contribution in [-0.4, -0.2) is 12.5 Å². The van der Waals surface area contributed by atoms with E-state index in [0.717, 1.165) is 38.0 Å². The number of anilines is 1. The molecule has 0 aliphatic heterocycles. The molecule has 0 aliphatic rings. The number of nitrogens with one attached hydrogen (secondary N) is 1. The number of ether oxygens (including phenoxy) is 1. The van der Waals surface area contributed by atoms with E-state index in [0.29, 0.717) is 17.9 Å². The molecule has 0 heterocycles. The smallest absolute Gasteiger partial charge is 0.224 e. The van der Waals surface area contributed by atoms with Crippen LogP contribution in [0.3, 0.4) is 0 Å². The maximum atomic E-state index is 12.1. The predicted octanol–water partition coefficient (Wildman–Crippen LogP) is 4.33. The summed E-state index contributed by atoms with van der Waals surface area (Å²) in [5.41, 5.74) is 6.16. The highest BCUT2D eigenvalue weighted by Gasteiger charge is 2.08. The summed E-state index contributed by atoms with van der Waals surface area (Å²) in [6.45, 7) is 0.719.